The molecule has 10 nitrogen and oxygen atoms in total. The predicted molar refractivity (Wildman–Crippen MR) is 90.6 cm³/mol. The van der Waals surface area contributed by atoms with Crippen molar-refractivity contribution in [1.29, 1.82) is 0 Å². The van der Waals surface area contributed by atoms with Crippen molar-refractivity contribution >= 4 is 17.9 Å². The number of hydrogen-bond donors (Lipinski definition) is 3. The van der Waals surface area contributed by atoms with Crippen molar-refractivity contribution in [2.75, 3.05) is 13.1 Å². The van der Waals surface area contributed by atoms with E-state index in [4.69, 9.17) is 10.6 Å². The lowest BCUT2D eigenvalue weighted by atomic mass is 9.93. The molecule has 1 aromatic rings. The van der Waals surface area contributed by atoms with Gasteiger partial charge in [-0.1, -0.05) is 17.2 Å². The Balaban J connectivity index is 2.18. The van der Waals surface area contributed by atoms with Gasteiger partial charge in [-0.15, -0.1) is 0 Å². The lowest BCUT2D eigenvalue weighted by molar-refractivity contribution is 0.0583. The van der Waals surface area contributed by atoms with Gasteiger partial charge in [0.25, 0.3) is 11.8 Å². The van der Waals surface area contributed by atoms with E-state index < -0.39 is 36.0 Å². The molecule has 2 rings (SSSR count). The summed E-state index contributed by atoms with van der Waals surface area (Å²) in [4.78, 5) is 39.5. The minimum atomic E-state index is -1.26. The van der Waals surface area contributed by atoms with Crippen LogP contribution in [0.4, 0.5) is 4.79 Å². The Hall–Kier alpha value is -3.10. The Morgan fingerprint density at radius 3 is 2.38 bits per heavy atom. The van der Waals surface area contributed by atoms with Gasteiger partial charge in [0.15, 0.2) is 0 Å². The summed E-state index contributed by atoms with van der Waals surface area (Å²) in [6, 6.07) is 5.78. The Labute approximate surface area is 149 Å². The molecular formula is C16H19N5O5. The Morgan fingerprint density at radius 1 is 1.31 bits per heavy atom. The lowest BCUT2D eigenvalue weighted by Gasteiger charge is -2.29. The first kappa shape index (κ1) is 19.2. The van der Waals surface area contributed by atoms with E-state index >= 15 is 0 Å². The second-order valence-corrected chi connectivity index (χ2v) is 6.07. The van der Waals surface area contributed by atoms with Crippen LogP contribution in [0, 0.1) is 5.92 Å². The summed E-state index contributed by atoms with van der Waals surface area (Å²) in [6.45, 7) is 1.33. The molecule has 1 heterocycles. The molecule has 3 amide bonds. The first-order valence-corrected chi connectivity index (χ1v) is 7.98. The number of fused-ring (bicyclic) bond motifs is 1. The zero-order chi connectivity index (χ0) is 19.3. The number of rotatable bonds is 8. The maximum Gasteiger partial charge on any atom is 0.404 e. The fourth-order valence-electron chi connectivity index (χ4n) is 2.94. The highest BCUT2D eigenvalue weighted by molar-refractivity contribution is 6.21. The standard InChI is InChI=1S/C16H19N5O5/c1-9(19-16(25)26)10(6-11(22)7-18-20-17)8-21-14(23)12-4-2-3-5-13(12)15(21)24/h2-5,9-11,19,22H,6-8H2,1H3,(H,25,26). The molecule has 0 fully saturated rings. The van der Waals surface area contributed by atoms with Crippen LogP contribution in [0.5, 0.6) is 0 Å². The molecule has 3 N–H and O–H groups in total. The summed E-state index contributed by atoms with van der Waals surface area (Å²) < 4.78 is 0. The van der Waals surface area contributed by atoms with E-state index in [-0.39, 0.29) is 19.5 Å². The highest BCUT2D eigenvalue weighted by atomic mass is 16.4. The van der Waals surface area contributed by atoms with Crippen molar-refractivity contribution in [1.82, 2.24) is 10.2 Å². The van der Waals surface area contributed by atoms with Crippen molar-refractivity contribution in [3.05, 3.63) is 45.8 Å². The molecule has 26 heavy (non-hydrogen) atoms. The zero-order valence-electron chi connectivity index (χ0n) is 14.1. The molecule has 138 valence electrons. The third kappa shape index (κ3) is 4.29. The number of nitrogens with zero attached hydrogens (tertiary/aromatic N) is 4. The summed E-state index contributed by atoms with van der Waals surface area (Å²) in [5, 5.41) is 24.5. The van der Waals surface area contributed by atoms with Crippen LogP contribution in [0.15, 0.2) is 29.4 Å². The Morgan fingerprint density at radius 2 is 1.88 bits per heavy atom. The minimum absolute atomic E-state index is 0.0495. The highest BCUT2D eigenvalue weighted by Crippen LogP contribution is 2.25. The molecule has 1 aliphatic rings. The van der Waals surface area contributed by atoms with Gasteiger partial charge in [0, 0.05) is 17.5 Å². The van der Waals surface area contributed by atoms with Crippen LogP contribution in [0.3, 0.4) is 0 Å². The van der Waals surface area contributed by atoms with Crippen molar-refractivity contribution in [3.63, 3.8) is 0 Å². The number of azide groups is 1. The van der Waals surface area contributed by atoms with Crippen molar-refractivity contribution in [2.24, 2.45) is 11.0 Å². The van der Waals surface area contributed by atoms with Gasteiger partial charge in [-0.25, -0.2) is 4.79 Å². The van der Waals surface area contributed by atoms with Gasteiger partial charge in [-0.2, -0.15) is 0 Å². The van der Waals surface area contributed by atoms with E-state index in [0.29, 0.717) is 11.1 Å². The van der Waals surface area contributed by atoms with Gasteiger partial charge >= 0.3 is 6.09 Å². The van der Waals surface area contributed by atoms with Crippen molar-refractivity contribution in [2.45, 2.75) is 25.5 Å². The van der Waals surface area contributed by atoms with Gasteiger partial charge in [0.1, 0.15) is 0 Å². The smallest absolute Gasteiger partial charge is 0.404 e. The van der Waals surface area contributed by atoms with Crippen molar-refractivity contribution < 1.29 is 24.6 Å². The quantitative estimate of drug-likeness (QED) is 0.277. The first-order chi connectivity index (χ1) is 12.3. The number of amides is 3. The second kappa shape index (κ2) is 8.32. The number of benzene rings is 1. The van der Waals surface area contributed by atoms with E-state index in [0.717, 1.165) is 4.90 Å². The Bertz CT molecular complexity index is 726. The van der Waals surface area contributed by atoms with Gasteiger partial charge in [0.05, 0.1) is 23.8 Å². The number of imide groups is 1. The van der Waals surface area contributed by atoms with Gasteiger partial charge < -0.3 is 15.5 Å². The molecule has 0 aliphatic carbocycles. The van der Waals surface area contributed by atoms with Gasteiger partial charge in [-0.05, 0) is 36.9 Å². The largest absolute Gasteiger partial charge is 0.465 e. The third-order valence-corrected chi connectivity index (χ3v) is 4.28. The number of carbonyl (C=O) groups excluding carboxylic acids is 2. The number of aliphatic hydroxyl groups excluding tert-OH is 1. The molecule has 0 bridgehead atoms. The fraction of sp³-hybridized carbons (Fsp3) is 0.438. The minimum Gasteiger partial charge on any atom is -0.465 e. The molecule has 1 aromatic carbocycles. The number of carbonyl (C=O) groups is 3. The maximum atomic E-state index is 12.5. The molecule has 0 spiro atoms. The summed E-state index contributed by atoms with van der Waals surface area (Å²) in [5.74, 6) is -1.47. The molecule has 1 aliphatic heterocycles. The van der Waals surface area contributed by atoms with Crippen LogP contribution in [-0.2, 0) is 0 Å². The van der Waals surface area contributed by atoms with Crippen LogP contribution in [0.2, 0.25) is 0 Å². The van der Waals surface area contributed by atoms with E-state index in [1.807, 2.05) is 0 Å². The van der Waals surface area contributed by atoms with E-state index in [1.54, 1.807) is 31.2 Å². The summed E-state index contributed by atoms with van der Waals surface area (Å²) in [5.41, 5.74) is 8.93. The van der Waals surface area contributed by atoms with Crippen LogP contribution < -0.4 is 5.32 Å². The molecule has 0 saturated heterocycles. The second-order valence-electron chi connectivity index (χ2n) is 6.07. The average molecular weight is 361 g/mol. The zero-order valence-corrected chi connectivity index (χ0v) is 14.1. The van der Waals surface area contributed by atoms with E-state index in [2.05, 4.69) is 15.3 Å². The monoisotopic (exact) mass is 361 g/mol. The molecular weight excluding hydrogens is 342 g/mol. The van der Waals surface area contributed by atoms with Crippen LogP contribution in [0.25, 0.3) is 10.4 Å². The molecule has 0 radical (unpaired) electrons. The van der Waals surface area contributed by atoms with Gasteiger partial charge in [0.2, 0.25) is 0 Å². The first-order valence-electron chi connectivity index (χ1n) is 7.98. The van der Waals surface area contributed by atoms with Crippen LogP contribution in [0.1, 0.15) is 34.1 Å². The molecule has 3 unspecified atom stereocenters. The number of nitrogens with one attached hydrogen (secondary N) is 1. The SMILES string of the molecule is CC(NC(=O)O)C(CC(O)CN=[N+]=[N-])CN1C(=O)c2ccccc2C1=O. The molecule has 0 saturated carbocycles. The summed E-state index contributed by atoms with van der Waals surface area (Å²) in [6.07, 6.45) is -2.23. The third-order valence-electron chi connectivity index (χ3n) is 4.28. The maximum absolute atomic E-state index is 12.5. The van der Waals surface area contributed by atoms with Crippen molar-refractivity contribution in [3.8, 4) is 0 Å². The van der Waals surface area contributed by atoms with Crippen LogP contribution in [-0.4, -0.2) is 58.3 Å². The van der Waals surface area contributed by atoms with E-state index in [9.17, 15) is 19.5 Å². The topological polar surface area (TPSA) is 156 Å². The van der Waals surface area contributed by atoms with E-state index in [1.165, 1.54) is 0 Å². The Kier molecular flexibility index (Phi) is 6.16. The number of hydrogen-bond acceptors (Lipinski definition) is 5. The lowest BCUT2D eigenvalue weighted by Crippen LogP contribution is -2.45. The molecule has 10 heteroatoms. The average Bonchev–Trinajstić information content (AvgIpc) is 2.84. The summed E-state index contributed by atoms with van der Waals surface area (Å²) >= 11 is 0. The normalized spacial score (nSPS) is 16.5. The molecule has 3 atom stereocenters. The molecule has 0 aromatic heterocycles. The fourth-order valence-corrected chi connectivity index (χ4v) is 2.94. The number of aliphatic hydroxyl groups is 1. The van der Waals surface area contributed by atoms with Gasteiger partial charge in [-0.3, -0.25) is 14.5 Å². The van der Waals surface area contributed by atoms with Crippen LogP contribution >= 0.6 is 0 Å². The summed E-state index contributed by atoms with van der Waals surface area (Å²) in [7, 11) is 0. The highest BCUT2D eigenvalue weighted by Gasteiger charge is 2.37. The predicted octanol–water partition coefficient (Wildman–Crippen LogP) is 1.62. The number of carboxylic acid groups (broad SMARTS) is 1.